The molecule has 2 rings (SSSR count). The van der Waals surface area contributed by atoms with E-state index in [0.29, 0.717) is 30.4 Å². The van der Waals surface area contributed by atoms with Gasteiger partial charge in [-0.3, -0.25) is 4.79 Å². The Labute approximate surface area is 138 Å². The van der Waals surface area contributed by atoms with Gasteiger partial charge in [-0.2, -0.15) is 0 Å². The van der Waals surface area contributed by atoms with Crippen LogP contribution in [0.4, 0.5) is 0 Å². The van der Waals surface area contributed by atoms with E-state index in [1.54, 1.807) is 7.11 Å². The minimum absolute atomic E-state index is 0. The molecule has 1 unspecified atom stereocenters. The van der Waals surface area contributed by atoms with Crippen molar-refractivity contribution in [2.24, 2.45) is 5.92 Å². The van der Waals surface area contributed by atoms with Gasteiger partial charge < -0.3 is 19.7 Å². The highest BCUT2D eigenvalue weighted by molar-refractivity contribution is 5.85. The number of methoxy groups -OCH3 is 1. The third kappa shape index (κ3) is 5.07. The van der Waals surface area contributed by atoms with E-state index in [2.05, 4.69) is 5.32 Å². The lowest BCUT2D eigenvalue weighted by molar-refractivity contribution is -0.130. The number of likely N-dealkylation sites (tertiary alicyclic amines) is 1. The van der Waals surface area contributed by atoms with Gasteiger partial charge >= 0.3 is 0 Å². The van der Waals surface area contributed by atoms with Gasteiger partial charge in [0.25, 0.3) is 0 Å². The van der Waals surface area contributed by atoms with Gasteiger partial charge in [0.05, 0.1) is 20.1 Å². The molecule has 6 heteroatoms. The maximum Gasteiger partial charge on any atom is 0.226 e. The molecule has 1 saturated heterocycles. The molecule has 1 aliphatic heterocycles. The fraction of sp³-hybridized carbons (Fsp3) is 0.562. The fourth-order valence-corrected chi connectivity index (χ4v) is 2.66. The van der Waals surface area contributed by atoms with Crippen LogP contribution in [0.15, 0.2) is 24.3 Å². The number of amides is 1. The average Bonchev–Trinajstić information content (AvgIpc) is 2.97. The number of ether oxygens (including phenoxy) is 2. The molecule has 1 aromatic carbocycles. The minimum Gasteiger partial charge on any atom is -0.493 e. The van der Waals surface area contributed by atoms with E-state index in [-0.39, 0.29) is 18.3 Å². The monoisotopic (exact) mass is 328 g/mol. The van der Waals surface area contributed by atoms with Gasteiger partial charge in [-0.25, -0.2) is 0 Å². The Morgan fingerprint density at radius 1 is 1.36 bits per heavy atom. The fourth-order valence-electron chi connectivity index (χ4n) is 2.66. The van der Waals surface area contributed by atoms with E-state index in [9.17, 15) is 4.79 Å². The zero-order valence-corrected chi connectivity index (χ0v) is 14.0. The quantitative estimate of drug-likeness (QED) is 0.831. The normalized spacial score (nSPS) is 17.0. The van der Waals surface area contributed by atoms with Crippen LogP contribution in [0.5, 0.6) is 11.5 Å². The molecule has 1 heterocycles. The Morgan fingerprint density at radius 3 is 2.77 bits per heavy atom. The van der Waals surface area contributed by atoms with Crippen LogP contribution in [-0.4, -0.2) is 51.2 Å². The van der Waals surface area contributed by atoms with E-state index < -0.39 is 0 Å². The summed E-state index contributed by atoms with van der Waals surface area (Å²) in [5, 5.41) is 3.17. The van der Waals surface area contributed by atoms with E-state index in [1.807, 2.05) is 36.2 Å². The summed E-state index contributed by atoms with van der Waals surface area (Å²) >= 11 is 0. The Hall–Kier alpha value is -1.46. The first-order chi connectivity index (χ1) is 10.2. The van der Waals surface area contributed by atoms with Gasteiger partial charge in [-0.05, 0) is 38.1 Å². The number of hydrogen-bond donors (Lipinski definition) is 1. The SMILES string of the molecule is CNCC1CCN(C(=O)CCOc2ccccc2OC)C1.Cl. The highest BCUT2D eigenvalue weighted by Crippen LogP contribution is 2.26. The number of carbonyl (C=O) groups excluding carboxylic acids is 1. The topological polar surface area (TPSA) is 50.8 Å². The summed E-state index contributed by atoms with van der Waals surface area (Å²) in [6.45, 7) is 3.07. The molecule has 22 heavy (non-hydrogen) atoms. The number of carbonyl (C=O) groups is 1. The summed E-state index contributed by atoms with van der Waals surface area (Å²) in [6.07, 6.45) is 1.49. The number of nitrogens with zero attached hydrogens (tertiary/aromatic N) is 1. The molecule has 124 valence electrons. The Kier molecular flexibility index (Phi) is 8.06. The van der Waals surface area contributed by atoms with E-state index >= 15 is 0 Å². The lowest BCUT2D eigenvalue weighted by Crippen LogP contribution is -2.31. The molecular formula is C16H25ClN2O3. The highest BCUT2D eigenvalue weighted by Gasteiger charge is 2.25. The van der Waals surface area contributed by atoms with Crippen LogP contribution in [0.2, 0.25) is 0 Å². The van der Waals surface area contributed by atoms with Gasteiger partial charge in [-0.1, -0.05) is 12.1 Å². The molecule has 1 amide bonds. The summed E-state index contributed by atoms with van der Waals surface area (Å²) in [7, 11) is 3.56. The molecular weight excluding hydrogens is 304 g/mol. The second-order valence-corrected chi connectivity index (χ2v) is 5.30. The van der Waals surface area contributed by atoms with Gasteiger partial charge in [-0.15, -0.1) is 12.4 Å². The zero-order valence-electron chi connectivity index (χ0n) is 13.2. The smallest absolute Gasteiger partial charge is 0.226 e. The Balaban J connectivity index is 0.00000242. The van der Waals surface area contributed by atoms with Crippen molar-refractivity contribution in [3.05, 3.63) is 24.3 Å². The van der Waals surface area contributed by atoms with Crippen LogP contribution in [-0.2, 0) is 4.79 Å². The molecule has 0 aliphatic carbocycles. The summed E-state index contributed by atoms with van der Waals surface area (Å²) in [5.74, 6) is 2.13. The van der Waals surface area contributed by atoms with Crippen molar-refractivity contribution < 1.29 is 14.3 Å². The van der Waals surface area contributed by atoms with Gasteiger partial charge in [0.1, 0.15) is 0 Å². The molecule has 1 aliphatic rings. The standard InChI is InChI=1S/C16H24N2O3.ClH/c1-17-11-13-7-9-18(12-13)16(19)8-10-21-15-6-4-3-5-14(15)20-2;/h3-6,13,17H,7-12H2,1-2H3;1H. The van der Waals surface area contributed by atoms with Crippen LogP contribution in [0, 0.1) is 5.92 Å². The molecule has 0 radical (unpaired) electrons. The summed E-state index contributed by atoms with van der Waals surface area (Å²) in [6, 6.07) is 7.48. The average molecular weight is 329 g/mol. The molecule has 1 fully saturated rings. The maximum absolute atomic E-state index is 12.1. The van der Waals surface area contributed by atoms with Crippen LogP contribution in [0.25, 0.3) is 0 Å². The van der Waals surface area contributed by atoms with Crippen molar-refractivity contribution in [1.29, 1.82) is 0 Å². The second kappa shape index (κ2) is 9.54. The lowest BCUT2D eigenvalue weighted by Gasteiger charge is -2.17. The van der Waals surface area contributed by atoms with Crippen molar-refractivity contribution >= 4 is 18.3 Å². The molecule has 0 spiro atoms. The predicted molar refractivity (Wildman–Crippen MR) is 89.0 cm³/mol. The molecule has 5 nitrogen and oxygen atoms in total. The van der Waals surface area contributed by atoms with Crippen molar-refractivity contribution in [3.63, 3.8) is 0 Å². The maximum atomic E-state index is 12.1. The first kappa shape index (κ1) is 18.6. The third-order valence-electron chi connectivity index (χ3n) is 3.77. The van der Waals surface area contributed by atoms with Crippen molar-refractivity contribution in [3.8, 4) is 11.5 Å². The third-order valence-corrected chi connectivity index (χ3v) is 3.77. The summed E-state index contributed by atoms with van der Waals surface area (Å²) < 4.78 is 10.9. The van der Waals surface area contributed by atoms with Gasteiger partial charge in [0.2, 0.25) is 5.91 Å². The summed E-state index contributed by atoms with van der Waals surface area (Å²) in [4.78, 5) is 14.1. The highest BCUT2D eigenvalue weighted by atomic mass is 35.5. The molecule has 1 N–H and O–H groups in total. The van der Waals surface area contributed by atoms with Crippen molar-refractivity contribution in [1.82, 2.24) is 10.2 Å². The number of hydrogen-bond acceptors (Lipinski definition) is 4. The largest absolute Gasteiger partial charge is 0.493 e. The van der Waals surface area contributed by atoms with Crippen LogP contribution in [0.1, 0.15) is 12.8 Å². The lowest BCUT2D eigenvalue weighted by atomic mass is 10.1. The first-order valence-electron chi connectivity index (χ1n) is 7.42. The molecule has 0 bridgehead atoms. The Bertz CT molecular complexity index is 470. The molecule has 0 aromatic heterocycles. The van der Waals surface area contributed by atoms with E-state index in [4.69, 9.17) is 9.47 Å². The number of rotatable bonds is 7. The Morgan fingerprint density at radius 2 is 2.09 bits per heavy atom. The van der Waals surface area contributed by atoms with Crippen molar-refractivity contribution in [2.75, 3.05) is 40.4 Å². The van der Waals surface area contributed by atoms with E-state index in [0.717, 1.165) is 26.1 Å². The van der Waals surface area contributed by atoms with Crippen LogP contribution < -0.4 is 14.8 Å². The number of para-hydroxylation sites is 2. The predicted octanol–water partition coefficient (Wildman–Crippen LogP) is 1.95. The minimum atomic E-state index is 0. The number of benzene rings is 1. The van der Waals surface area contributed by atoms with Crippen molar-refractivity contribution in [2.45, 2.75) is 12.8 Å². The van der Waals surface area contributed by atoms with Crippen LogP contribution >= 0.6 is 12.4 Å². The van der Waals surface area contributed by atoms with Gasteiger partial charge in [0, 0.05) is 13.1 Å². The molecule has 1 atom stereocenters. The number of halogens is 1. The summed E-state index contributed by atoms with van der Waals surface area (Å²) in [5.41, 5.74) is 0. The number of nitrogens with one attached hydrogen (secondary N) is 1. The van der Waals surface area contributed by atoms with E-state index in [1.165, 1.54) is 0 Å². The first-order valence-corrected chi connectivity index (χ1v) is 7.42. The molecule has 0 saturated carbocycles. The molecule has 1 aromatic rings. The van der Waals surface area contributed by atoms with Crippen LogP contribution in [0.3, 0.4) is 0 Å². The van der Waals surface area contributed by atoms with Gasteiger partial charge in [0.15, 0.2) is 11.5 Å². The zero-order chi connectivity index (χ0) is 15.1. The second-order valence-electron chi connectivity index (χ2n) is 5.30.